The molecule has 2 aromatic rings. The van der Waals surface area contributed by atoms with Crippen LogP contribution in [0.1, 0.15) is 49.9 Å². The van der Waals surface area contributed by atoms with Gasteiger partial charge in [-0.1, -0.05) is 61.7 Å². The van der Waals surface area contributed by atoms with Gasteiger partial charge in [0, 0.05) is 30.1 Å². The van der Waals surface area contributed by atoms with E-state index >= 15 is 0 Å². The molecule has 0 aliphatic carbocycles. The van der Waals surface area contributed by atoms with Crippen molar-refractivity contribution in [1.29, 1.82) is 0 Å². The van der Waals surface area contributed by atoms with Crippen LogP contribution >= 0.6 is 0 Å². The lowest BCUT2D eigenvalue weighted by atomic mass is 10.0. The van der Waals surface area contributed by atoms with E-state index in [1.54, 1.807) is 6.08 Å². The second-order valence-electron chi connectivity index (χ2n) is 7.89. The Labute approximate surface area is 181 Å². The van der Waals surface area contributed by atoms with Gasteiger partial charge >= 0.3 is 0 Å². The van der Waals surface area contributed by atoms with E-state index in [1.165, 1.54) is 16.7 Å². The molecule has 0 saturated heterocycles. The summed E-state index contributed by atoms with van der Waals surface area (Å²) in [7, 11) is 0. The predicted octanol–water partition coefficient (Wildman–Crippen LogP) is 6.59. The number of hydrogen-bond acceptors (Lipinski definition) is 3. The summed E-state index contributed by atoms with van der Waals surface area (Å²) in [4.78, 5) is 7.14. The molecular formula is C27H32N2O. The predicted molar refractivity (Wildman–Crippen MR) is 128 cm³/mol. The highest BCUT2D eigenvalue weighted by molar-refractivity contribution is 5.92. The van der Waals surface area contributed by atoms with Crippen LogP contribution in [-0.2, 0) is 6.54 Å². The zero-order valence-corrected chi connectivity index (χ0v) is 18.3. The Bertz CT molecular complexity index is 938. The molecule has 0 saturated carbocycles. The minimum atomic E-state index is 0.167. The van der Waals surface area contributed by atoms with E-state index in [2.05, 4.69) is 66.6 Å². The van der Waals surface area contributed by atoms with Gasteiger partial charge in [0.15, 0.2) is 0 Å². The molecule has 30 heavy (non-hydrogen) atoms. The molecule has 1 heterocycles. The third-order valence-electron chi connectivity index (χ3n) is 5.27. The summed E-state index contributed by atoms with van der Waals surface area (Å²) >= 11 is 0. The fraction of sp³-hybridized carbons (Fsp3) is 0.296. The molecule has 0 N–H and O–H groups in total. The summed E-state index contributed by atoms with van der Waals surface area (Å²) in [6, 6.07) is 17.2. The second kappa shape index (κ2) is 10.1. The van der Waals surface area contributed by atoms with Crippen LogP contribution in [0.15, 0.2) is 84.9 Å². The summed E-state index contributed by atoms with van der Waals surface area (Å²) in [5.74, 6) is 0.902. The van der Waals surface area contributed by atoms with E-state index in [-0.39, 0.29) is 12.1 Å². The maximum atomic E-state index is 5.83. The number of hydrogen-bond donors (Lipinski definition) is 0. The Balaban J connectivity index is 1.83. The molecule has 0 radical (unpaired) electrons. The van der Waals surface area contributed by atoms with Gasteiger partial charge in [0.25, 0.3) is 0 Å². The van der Waals surface area contributed by atoms with Crippen LogP contribution in [0.4, 0.5) is 0 Å². The second-order valence-corrected chi connectivity index (χ2v) is 7.89. The van der Waals surface area contributed by atoms with Crippen LogP contribution in [-0.4, -0.2) is 23.3 Å². The van der Waals surface area contributed by atoms with Gasteiger partial charge in [-0.15, -0.1) is 0 Å². The average Bonchev–Trinajstić information content (AvgIpc) is 3.06. The number of aliphatic imine (C=N–C) groups is 1. The Morgan fingerprint density at radius 3 is 2.57 bits per heavy atom. The lowest BCUT2D eigenvalue weighted by Crippen LogP contribution is -2.23. The first-order valence-corrected chi connectivity index (χ1v) is 10.6. The van der Waals surface area contributed by atoms with Crippen molar-refractivity contribution in [2.24, 2.45) is 4.99 Å². The average molecular weight is 401 g/mol. The number of nitrogens with zero attached hydrogens (tertiary/aromatic N) is 2. The van der Waals surface area contributed by atoms with Crippen LogP contribution in [0.25, 0.3) is 5.70 Å². The van der Waals surface area contributed by atoms with E-state index in [4.69, 9.17) is 9.73 Å². The number of ether oxygens (including phenoxy) is 1. The highest BCUT2D eigenvalue weighted by Crippen LogP contribution is 2.40. The van der Waals surface area contributed by atoms with Crippen molar-refractivity contribution in [2.45, 2.75) is 45.9 Å². The summed E-state index contributed by atoms with van der Waals surface area (Å²) in [6.45, 7) is 15.9. The molecule has 1 atom stereocenters. The molecule has 2 aromatic carbocycles. The third kappa shape index (κ3) is 5.29. The normalized spacial score (nSPS) is 15.0. The van der Waals surface area contributed by atoms with Gasteiger partial charge in [-0.25, -0.2) is 0 Å². The molecule has 0 amide bonds. The van der Waals surface area contributed by atoms with Crippen LogP contribution < -0.4 is 4.74 Å². The van der Waals surface area contributed by atoms with Crippen LogP contribution in [0.2, 0.25) is 0 Å². The SMILES string of the molecule is C=C/C=C\C(C)=N/CCC(c1ccc(OC(C)C)cc1)N1Cc2ccccc2C1=C. The molecule has 1 aliphatic heterocycles. The number of allylic oxidation sites excluding steroid dienone is 3. The topological polar surface area (TPSA) is 24.8 Å². The van der Waals surface area contributed by atoms with Crippen molar-refractivity contribution >= 4 is 11.4 Å². The van der Waals surface area contributed by atoms with Crippen LogP contribution in [0, 0.1) is 0 Å². The standard InChI is InChI=1S/C27H32N2O/c1-6-7-10-21(4)28-18-17-27(23-13-15-25(16-14-23)30-20(2)3)29-19-24-11-8-9-12-26(24)22(29)5/h6-16,20,27H,1,5,17-19H2,2-4H3/b10-7-,28-21-. The highest BCUT2D eigenvalue weighted by atomic mass is 16.5. The van der Waals surface area contributed by atoms with E-state index in [9.17, 15) is 0 Å². The van der Waals surface area contributed by atoms with Gasteiger partial charge in [0.05, 0.1) is 12.1 Å². The molecule has 0 bridgehead atoms. The van der Waals surface area contributed by atoms with Crippen molar-refractivity contribution < 1.29 is 4.74 Å². The third-order valence-corrected chi connectivity index (χ3v) is 5.27. The van der Waals surface area contributed by atoms with Gasteiger partial charge in [0.2, 0.25) is 0 Å². The number of fused-ring (bicyclic) bond motifs is 1. The molecule has 3 rings (SSSR count). The minimum Gasteiger partial charge on any atom is -0.491 e. The molecule has 0 fully saturated rings. The highest BCUT2D eigenvalue weighted by Gasteiger charge is 2.29. The van der Waals surface area contributed by atoms with E-state index < -0.39 is 0 Å². The minimum absolute atomic E-state index is 0.167. The van der Waals surface area contributed by atoms with Crippen LogP contribution in [0.3, 0.4) is 0 Å². The van der Waals surface area contributed by atoms with Crippen molar-refractivity contribution in [2.75, 3.05) is 6.54 Å². The van der Waals surface area contributed by atoms with Crippen molar-refractivity contribution in [3.63, 3.8) is 0 Å². The molecule has 0 aromatic heterocycles. The summed E-state index contributed by atoms with van der Waals surface area (Å²) in [6.07, 6.45) is 6.76. The Hall–Kier alpha value is -3.07. The quantitative estimate of drug-likeness (QED) is 0.350. The lowest BCUT2D eigenvalue weighted by molar-refractivity contribution is 0.242. The largest absolute Gasteiger partial charge is 0.491 e. The first-order chi connectivity index (χ1) is 14.5. The molecular weight excluding hydrogens is 368 g/mol. The monoisotopic (exact) mass is 400 g/mol. The van der Waals surface area contributed by atoms with Crippen molar-refractivity contribution in [3.8, 4) is 5.75 Å². The number of benzene rings is 2. The summed E-state index contributed by atoms with van der Waals surface area (Å²) in [5, 5.41) is 0. The van der Waals surface area contributed by atoms with E-state index in [1.807, 2.05) is 32.9 Å². The molecule has 0 spiro atoms. The fourth-order valence-corrected chi connectivity index (χ4v) is 3.84. The lowest BCUT2D eigenvalue weighted by Gasteiger charge is -2.31. The molecule has 156 valence electrons. The molecule has 1 unspecified atom stereocenters. The van der Waals surface area contributed by atoms with E-state index in [0.717, 1.165) is 36.7 Å². The fourth-order valence-electron chi connectivity index (χ4n) is 3.84. The first kappa shape index (κ1) is 21.6. The van der Waals surface area contributed by atoms with Crippen molar-refractivity contribution in [1.82, 2.24) is 4.90 Å². The summed E-state index contributed by atoms with van der Waals surface area (Å²) in [5.41, 5.74) is 5.94. The molecule has 3 nitrogen and oxygen atoms in total. The smallest absolute Gasteiger partial charge is 0.119 e. The Morgan fingerprint density at radius 1 is 1.17 bits per heavy atom. The molecule has 1 aliphatic rings. The maximum absolute atomic E-state index is 5.83. The van der Waals surface area contributed by atoms with Gasteiger partial charge in [-0.2, -0.15) is 0 Å². The first-order valence-electron chi connectivity index (χ1n) is 10.6. The Morgan fingerprint density at radius 2 is 1.90 bits per heavy atom. The summed E-state index contributed by atoms with van der Waals surface area (Å²) < 4.78 is 5.83. The van der Waals surface area contributed by atoms with Gasteiger partial charge in [-0.05, 0) is 56.5 Å². The van der Waals surface area contributed by atoms with E-state index in [0.29, 0.717) is 0 Å². The Kier molecular flexibility index (Phi) is 7.29. The van der Waals surface area contributed by atoms with Gasteiger partial charge in [-0.3, -0.25) is 4.99 Å². The number of rotatable bonds is 9. The van der Waals surface area contributed by atoms with Gasteiger partial charge in [0.1, 0.15) is 5.75 Å². The van der Waals surface area contributed by atoms with Gasteiger partial charge < -0.3 is 9.64 Å². The zero-order chi connectivity index (χ0) is 21.5. The zero-order valence-electron chi connectivity index (χ0n) is 18.3. The molecule has 3 heteroatoms. The van der Waals surface area contributed by atoms with Crippen LogP contribution in [0.5, 0.6) is 5.75 Å². The van der Waals surface area contributed by atoms with Crippen molar-refractivity contribution in [3.05, 3.63) is 96.6 Å². The maximum Gasteiger partial charge on any atom is 0.119 e.